The highest BCUT2D eigenvalue weighted by molar-refractivity contribution is 6.00. The van der Waals surface area contributed by atoms with Crippen LogP contribution in [0.3, 0.4) is 0 Å². The van der Waals surface area contributed by atoms with Crippen molar-refractivity contribution in [2.24, 2.45) is 0 Å². The second kappa shape index (κ2) is 17.6. The summed E-state index contributed by atoms with van der Waals surface area (Å²) in [5.41, 5.74) is 3.17. The van der Waals surface area contributed by atoms with Crippen molar-refractivity contribution in [3.05, 3.63) is 72.3 Å². The summed E-state index contributed by atoms with van der Waals surface area (Å²) in [5, 5.41) is 15.1. The van der Waals surface area contributed by atoms with Crippen LogP contribution in [0.2, 0.25) is 0 Å². The Hall–Kier alpha value is -3.01. The number of aromatic nitrogens is 2. The molecule has 0 atom stereocenters. The first kappa shape index (κ1) is 36.5. The van der Waals surface area contributed by atoms with Gasteiger partial charge in [0.25, 0.3) is 0 Å². The van der Waals surface area contributed by atoms with Crippen molar-refractivity contribution in [2.45, 2.75) is 38.3 Å². The van der Waals surface area contributed by atoms with Gasteiger partial charge in [0.1, 0.15) is 29.5 Å². The standard InChI is InChI=1S/C34H41N5O3.3ClH/c1-40-28-11-7-26(8-12-28)33-31-14-13-30(41-2)23-32(31)34(37-36-33)35-27-15-19-39(20-16-27)24-25-5-9-29(10-6-25)42-22-21-38-17-3-4-18-38;;;/h5-14,23,27H,3-4,15-22,24H2,1-2H3,(H,35,37);3*1H. The number of rotatable bonds is 11. The van der Waals surface area contributed by atoms with Crippen molar-refractivity contribution in [3.8, 4) is 28.5 Å². The van der Waals surface area contributed by atoms with Crippen LogP contribution in [-0.2, 0) is 6.54 Å². The third kappa shape index (κ3) is 9.27. The Morgan fingerprint density at radius 2 is 1.36 bits per heavy atom. The van der Waals surface area contributed by atoms with Crippen LogP contribution in [0.1, 0.15) is 31.2 Å². The van der Waals surface area contributed by atoms with Gasteiger partial charge in [-0.15, -0.1) is 47.4 Å². The lowest BCUT2D eigenvalue weighted by molar-refractivity contribution is 0.211. The summed E-state index contributed by atoms with van der Waals surface area (Å²) in [4.78, 5) is 5.01. The number of hydrogen-bond donors (Lipinski definition) is 1. The van der Waals surface area contributed by atoms with Gasteiger partial charge in [-0.05, 0) is 98.9 Å². The molecule has 1 aromatic heterocycles. The smallest absolute Gasteiger partial charge is 0.156 e. The first-order chi connectivity index (χ1) is 20.7. The van der Waals surface area contributed by atoms with Crippen molar-refractivity contribution >= 4 is 53.8 Å². The van der Waals surface area contributed by atoms with Crippen LogP contribution in [0, 0.1) is 0 Å². The quantitative estimate of drug-likeness (QED) is 0.180. The van der Waals surface area contributed by atoms with E-state index in [0.717, 1.165) is 90.7 Å². The molecule has 2 fully saturated rings. The van der Waals surface area contributed by atoms with Gasteiger partial charge in [-0.25, -0.2) is 0 Å². The van der Waals surface area contributed by atoms with E-state index in [1.54, 1.807) is 14.2 Å². The maximum Gasteiger partial charge on any atom is 0.156 e. The van der Waals surface area contributed by atoms with E-state index in [2.05, 4.69) is 55.6 Å². The average Bonchev–Trinajstić information content (AvgIpc) is 3.56. The van der Waals surface area contributed by atoms with Gasteiger partial charge in [-0.3, -0.25) is 9.80 Å². The van der Waals surface area contributed by atoms with Crippen molar-refractivity contribution in [2.75, 3.05) is 58.9 Å². The Bertz CT molecular complexity index is 1460. The molecule has 11 heteroatoms. The predicted octanol–water partition coefficient (Wildman–Crippen LogP) is 7.13. The zero-order chi connectivity index (χ0) is 28.7. The van der Waals surface area contributed by atoms with E-state index in [1.807, 2.05) is 36.4 Å². The highest BCUT2D eigenvalue weighted by Crippen LogP contribution is 2.34. The fourth-order valence-electron chi connectivity index (χ4n) is 6.01. The van der Waals surface area contributed by atoms with E-state index in [-0.39, 0.29) is 37.2 Å². The minimum atomic E-state index is 0. The molecular weight excluding hydrogens is 633 g/mol. The highest BCUT2D eigenvalue weighted by Gasteiger charge is 2.21. The molecule has 8 nitrogen and oxygen atoms in total. The Kier molecular flexibility index (Phi) is 14.3. The molecule has 2 saturated heterocycles. The summed E-state index contributed by atoms with van der Waals surface area (Å²) in [5.74, 6) is 3.39. The van der Waals surface area contributed by atoms with Crippen molar-refractivity contribution in [1.29, 1.82) is 0 Å². The molecule has 0 amide bonds. The fourth-order valence-corrected chi connectivity index (χ4v) is 6.01. The van der Waals surface area contributed by atoms with Gasteiger partial charge in [-0.2, -0.15) is 0 Å². The summed E-state index contributed by atoms with van der Waals surface area (Å²) in [6.45, 7) is 7.23. The highest BCUT2D eigenvalue weighted by atomic mass is 35.5. The van der Waals surface area contributed by atoms with Crippen LogP contribution in [0.25, 0.3) is 22.0 Å². The number of halogens is 3. The van der Waals surface area contributed by atoms with Crippen LogP contribution >= 0.6 is 37.2 Å². The zero-order valence-corrected chi connectivity index (χ0v) is 28.4. The summed E-state index contributed by atoms with van der Waals surface area (Å²) in [6, 6.07) is 23.0. The van der Waals surface area contributed by atoms with Gasteiger partial charge < -0.3 is 19.5 Å². The monoisotopic (exact) mass is 675 g/mol. The molecule has 0 radical (unpaired) electrons. The Balaban J connectivity index is 0.00000184. The molecule has 0 aliphatic carbocycles. The molecule has 0 unspecified atom stereocenters. The van der Waals surface area contributed by atoms with E-state index >= 15 is 0 Å². The van der Waals surface area contributed by atoms with E-state index in [9.17, 15) is 0 Å². The number of methoxy groups -OCH3 is 2. The van der Waals surface area contributed by atoms with Gasteiger partial charge in [0.05, 0.1) is 14.2 Å². The van der Waals surface area contributed by atoms with Crippen molar-refractivity contribution in [1.82, 2.24) is 20.0 Å². The summed E-state index contributed by atoms with van der Waals surface area (Å²) in [6.07, 6.45) is 4.73. The number of benzene rings is 3. The molecule has 3 heterocycles. The van der Waals surface area contributed by atoms with Crippen LogP contribution in [0.4, 0.5) is 5.82 Å². The lowest BCUT2D eigenvalue weighted by Crippen LogP contribution is -2.38. The number of piperidine rings is 1. The first-order valence-corrected chi connectivity index (χ1v) is 15.1. The van der Waals surface area contributed by atoms with Crippen LogP contribution in [0.15, 0.2) is 66.7 Å². The van der Waals surface area contributed by atoms with E-state index in [1.165, 1.54) is 31.5 Å². The number of anilines is 1. The van der Waals surface area contributed by atoms with Crippen molar-refractivity contribution in [3.63, 3.8) is 0 Å². The molecule has 2 aliphatic rings. The average molecular weight is 677 g/mol. The normalized spacial score (nSPS) is 15.4. The zero-order valence-electron chi connectivity index (χ0n) is 25.9. The molecule has 45 heavy (non-hydrogen) atoms. The van der Waals surface area contributed by atoms with Gasteiger partial charge in [0.15, 0.2) is 5.82 Å². The predicted molar refractivity (Wildman–Crippen MR) is 189 cm³/mol. The Morgan fingerprint density at radius 1 is 0.711 bits per heavy atom. The Labute approximate surface area is 285 Å². The Morgan fingerprint density at radius 3 is 2.02 bits per heavy atom. The van der Waals surface area contributed by atoms with E-state index in [4.69, 9.17) is 14.2 Å². The third-order valence-corrected chi connectivity index (χ3v) is 8.48. The molecule has 0 saturated carbocycles. The number of likely N-dealkylation sites (tertiary alicyclic amines) is 2. The van der Waals surface area contributed by atoms with Crippen LogP contribution < -0.4 is 19.5 Å². The maximum atomic E-state index is 5.98. The molecule has 1 N–H and O–H groups in total. The molecule has 2 aliphatic heterocycles. The number of nitrogens with one attached hydrogen (secondary N) is 1. The number of nitrogens with zero attached hydrogens (tertiary/aromatic N) is 4. The number of hydrogen-bond acceptors (Lipinski definition) is 8. The number of fused-ring (bicyclic) bond motifs is 1. The first-order valence-electron chi connectivity index (χ1n) is 15.1. The van der Waals surface area contributed by atoms with Gasteiger partial charge in [0, 0.05) is 48.6 Å². The summed E-state index contributed by atoms with van der Waals surface area (Å²) in [7, 11) is 3.37. The molecule has 3 aromatic carbocycles. The molecule has 244 valence electrons. The number of ether oxygens (including phenoxy) is 3. The van der Waals surface area contributed by atoms with E-state index < -0.39 is 0 Å². The summed E-state index contributed by atoms with van der Waals surface area (Å²) >= 11 is 0. The fraction of sp³-hybridized carbons (Fsp3) is 0.412. The minimum Gasteiger partial charge on any atom is -0.497 e. The van der Waals surface area contributed by atoms with Gasteiger partial charge in [0.2, 0.25) is 0 Å². The lowest BCUT2D eigenvalue weighted by Gasteiger charge is -2.32. The van der Waals surface area contributed by atoms with Crippen molar-refractivity contribution < 1.29 is 14.2 Å². The molecule has 4 aromatic rings. The second-order valence-electron chi connectivity index (χ2n) is 11.3. The van der Waals surface area contributed by atoms with Gasteiger partial charge in [-0.1, -0.05) is 12.1 Å². The van der Waals surface area contributed by atoms with Gasteiger partial charge >= 0.3 is 0 Å². The van der Waals surface area contributed by atoms with Crippen LogP contribution in [-0.4, -0.2) is 79.6 Å². The summed E-state index contributed by atoms with van der Waals surface area (Å²) < 4.78 is 16.9. The second-order valence-corrected chi connectivity index (χ2v) is 11.3. The minimum absolute atomic E-state index is 0. The van der Waals surface area contributed by atoms with Crippen LogP contribution in [0.5, 0.6) is 17.2 Å². The molecular formula is C34H44Cl3N5O3. The molecule has 0 bridgehead atoms. The molecule has 6 rings (SSSR count). The maximum absolute atomic E-state index is 5.98. The lowest BCUT2D eigenvalue weighted by atomic mass is 10.0. The SMILES string of the molecule is COc1ccc(-c2nnc(NC3CCN(Cc4ccc(OCCN5CCCC5)cc4)CC3)c3cc(OC)ccc23)cc1.Cl.Cl.Cl. The molecule has 0 spiro atoms. The largest absolute Gasteiger partial charge is 0.497 e. The third-order valence-electron chi connectivity index (χ3n) is 8.48. The van der Waals surface area contributed by atoms with E-state index in [0.29, 0.717) is 6.04 Å². The topological polar surface area (TPSA) is 72.0 Å².